The third-order valence-corrected chi connectivity index (χ3v) is 6.60. The first-order valence-corrected chi connectivity index (χ1v) is 9.48. The highest BCUT2D eigenvalue weighted by atomic mass is 32.2. The third-order valence-electron chi connectivity index (χ3n) is 4.68. The molecule has 1 unspecified atom stereocenters. The smallest absolute Gasteiger partial charge is 0.243 e. The van der Waals surface area contributed by atoms with E-state index in [-0.39, 0.29) is 5.92 Å². The first kappa shape index (κ1) is 15.3. The number of aromatic nitrogens is 1. The Morgan fingerprint density at radius 1 is 1.00 bits per heavy atom. The maximum atomic E-state index is 13.1. The average Bonchev–Trinajstić information content (AvgIpc) is 3.13. The lowest BCUT2D eigenvalue weighted by Crippen LogP contribution is -2.28. The molecule has 5 heteroatoms. The maximum absolute atomic E-state index is 13.1. The van der Waals surface area contributed by atoms with Crippen LogP contribution in [-0.4, -0.2) is 30.8 Å². The average molecular weight is 338 g/mol. The van der Waals surface area contributed by atoms with Gasteiger partial charge in [0, 0.05) is 36.3 Å². The Morgan fingerprint density at radius 2 is 1.83 bits per heavy atom. The van der Waals surface area contributed by atoms with Crippen LogP contribution < -0.4 is 0 Å². The topological polar surface area (TPSA) is 50.3 Å². The Balaban J connectivity index is 1.68. The van der Waals surface area contributed by atoms with E-state index in [9.17, 15) is 8.42 Å². The predicted molar refractivity (Wildman–Crippen MR) is 94.3 cm³/mol. The van der Waals surface area contributed by atoms with Crippen molar-refractivity contribution in [2.45, 2.75) is 17.2 Å². The van der Waals surface area contributed by atoms with E-state index in [0.717, 1.165) is 17.2 Å². The Hall–Kier alpha value is -2.24. The summed E-state index contributed by atoms with van der Waals surface area (Å²) < 4.78 is 27.9. The quantitative estimate of drug-likeness (QED) is 0.735. The van der Waals surface area contributed by atoms with Crippen LogP contribution in [0.15, 0.2) is 71.9 Å². The van der Waals surface area contributed by atoms with Crippen molar-refractivity contribution in [3.63, 3.8) is 0 Å². The lowest BCUT2D eigenvalue weighted by molar-refractivity contribution is 0.473. The number of hydrogen-bond donors (Lipinski definition) is 0. The second kappa shape index (κ2) is 6.00. The molecule has 0 spiro atoms. The molecule has 1 fully saturated rings. The van der Waals surface area contributed by atoms with E-state index in [0.29, 0.717) is 18.0 Å². The van der Waals surface area contributed by atoms with Gasteiger partial charge >= 0.3 is 0 Å². The van der Waals surface area contributed by atoms with Crippen LogP contribution in [0, 0.1) is 0 Å². The van der Waals surface area contributed by atoms with Gasteiger partial charge in [0.2, 0.25) is 10.0 Å². The first-order valence-electron chi connectivity index (χ1n) is 8.04. The van der Waals surface area contributed by atoms with Crippen molar-refractivity contribution in [3.05, 3.63) is 72.6 Å². The summed E-state index contributed by atoms with van der Waals surface area (Å²) in [6.07, 6.45) is 4.19. The van der Waals surface area contributed by atoms with Gasteiger partial charge in [0.15, 0.2) is 0 Å². The molecule has 0 bridgehead atoms. The maximum Gasteiger partial charge on any atom is 0.243 e. The number of pyridine rings is 1. The van der Waals surface area contributed by atoms with Crippen molar-refractivity contribution in [2.75, 3.05) is 13.1 Å². The third kappa shape index (κ3) is 2.60. The fraction of sp³-hybridized carbons (Fsp3) is 0.211. The monoisotopic (exact) mass is 338 g/mol. The van der Waals surface area contributed by atoms with Crippen LogP contribution in [0.4, 0.5) is 0 Å². The van der Waals surface area contributed by atoms with Gasteiger partial charge < -0.3 is 0 Å². The molecule has 1 aliphatic rings. The number of nitrogens with zero attached hydrogens (tertiary/aromatic N) is 2. The van der Waals surface area contributed by atoms with Gasteiger partial charge in [-0.15, -0.1) is 0 Å². The van der Waals surface area contributed by atoms with Gasteiger partial charge in [-0.1, -0.05) is 42.5 Å². The molecule has 2 heterocycles. The van der Waals surface area contributed by atoms with Crippen molar-refractivity contribution in [1.82, 2.24) is 9.29 Å². The number of fused-ring (bicyclic) bond motifs is 1. The highest BCUT2D eigenvalue weighted by molar-refractivity contribution is 7.89. The number of sulfonamides is 1. The van der Waals surface area contributed by atoms with Crippen molar-refractivity contribution in [2.24, 2.45) is 0 Å². The highest BCUT2D eigenvalue weighted by Crippen LogP contribution is 2.33. The molecule has 1 saturated heterocycles. The van der Waals surface area contributed by atoms with Crippen LogP contribution in [0.1, 0.15) is 17.9 Å². The van der Waals surface area contributed by atoms with Crippen molar-refractivity contribution >= 4 is 20.8 Å². The Bertz CT molecular complexity index is 966. The van der Waals surface area contributed by atoms with Gasteiger partial charge in [0.05, 0.1) is 4.90 Å². The van der Waals surface area contributed by atoms with Gasteiger partial charge in [0.1, 0.15) is 0 Å². The summed E-state index contributed by atoms with van der Waals surface area (Å²) in [6.45, 7) is 1.09. The van der Waals surface area contributed by atoms with E-state index >= 15 is 0 Å². The van der Waals surface area contributed by atoms with E-state index in [1.54, 1.807) is 34.9 Å². The molecule has 3 aromatic rings. The lowest BCUT2D eigenvalue weighted by Gasteiger charge is -2.18. The zero-order valence-electron chi connectivity index (χ0n) is 13.2. The van der Waals surface area contributed by atoms with Gasteiger partial charge in [-0.3, -0.25) is 4.98 Å². The molecule has 1 atom stereocenters. The van der Waals surface area contributed by atoms with E-state index in [1.807, 2.05) is 24.3 Å². The first-order chi connectivity index (χ1) is 11.7. The van der Waals surface area contributed by atoms with Crippen molar-refractivity contribution < 1.29 is 8.42 Å². The molecular formula is C19H18N2O2S. The van der Waals surface area contributed by atoms with E-state index < -0.39 is 10.0 Å². The summed E-state index contributed by atoms with van der Waals surface area (Å²) in [5, 5.41) is 1.58. The fourth-order valence-electron chi connectivity index (χ4n) is 3.40. The van der Waals surface area contributed by atoms with Gasteiger partial charge in [-0.05, 0) is 30.0 Å². The molecule has 2 aromatic carbocycles. The summed E-state index contributed by atoms with van der Waals surface area (Å²) in [5.74, 6) is 0.262. The molecule has 4 nitrogen and oxygen atoms in total. The minimum Gasteiger partial charge on any atom is -0.264 e. The van der Waals surface area contributed by atoms with Crippen LogP contribution in [0.25, 0.3) is 10.8 Å². The molecule has 4 rings (SSSR count). The summed E-state index contributed by atoms with van der Waals surface area (Å²) in [5.41, 5.74) is 1.21. The van der Waals surface area contributed by atoms with Gasteiger partial charge in [0.25, 0.3) is 0 Å². The second-order valence-corrected chi connectivity index (χ2v) is 8.02. The molecule has 0 saturated carbocycles. The van der Waals surface area contributed by atoms with Crippen molar-refractivity contribution in [3.8, 4) is 0 Å². The summed E-state index contributed by atoms with van der Waals surface area (Å²) in [6, 6.07) is 17.3. The van der Waals surface area contributed by atoms with E-state index in [2.05, 4.69) is 17.1 Å². The molecule has 122 valence electrons. The molecule has 1 aromatic heterocycles. The number of rotatable bonds is 3. The Morgan fingerprint density at radius 3 is 2.67 bits per heavy atom. The number of hydrogen-bond acceptors (Lipinski definition) is 3. The molecule has 0 N–H and O–H groups in total. The summed E-state index contributed by atoms with van der Waals surface area (Å²) >= 11 is 0. The minimum atomic E-state index is -3.50. The van der Waals surface area contributed by atoms with Crippen LogP contribution >= 0.6 is 0 Å². The highest BCUT2D eigenvalue weighted by Gasteiger charge is 2.33. The SMILES string of the molecule is O=S(=O)(c1cccc2cnccc12)N1CCC(c2ccccc2)C1. The molecule has 0 aliphatic carbocycles. The van der Waals surface area contributed by atoms with Gasteiger partial charge in [-0.25, -0.2) is 8.42 Å². The normalized spacial score (nSPS) is 18.9. The minimum absolute atomic E-state index is 0.262. The molecule has 0 radical (unpaired) electrons. The fourth-order valence-corrected chi connectivity index (χ4v) is 5.12. The molecule has 1 aliphatic heterocycles. The Kier molecular flexibility index (Phi) is 3.82. The molecular weight excluding hydrogens is 320 g/mol. The van der Waals surface area contributed by atoms with Crippen LogP contribution in [0.5, 0.6) is 0 Å². The van der Waals surface area contributed by atoms with Crippen LogP contribution in [0.3, 0.4) is 0 Å². The summed E-state index contributed by atoms with van der Waals surface area (Å²) in [4.78, 5) is 4.45. The molecule has 24 heavy (non-hydrogen) atoms. The summed E-state index contributed by atoms with van der Waals surface area (Å²) in [7, 11) is -3.50. The molecule has 0 amide bonds. The largest absolute Gasteiger partial charge is 0.264 e. The standard InChI is InChI=1S/C19H18N2O2S/c22-24(23,19-8-4-7-16-13-20-11-9-18(16)19)21-12-10-17(14-21)15-5-2-1-3-6-15/h1-9,11,13,17H,10,12,14H2. The van der Waals surface area contributed by atoms with E-state index in [1.165, 1.54) is 5.56 Å². The van der Waals surface area contributed by atoms with Gasteiger partial charge in [-0.2, -0.15) is 4.31 Å². The lowest BCUT2D eigenvalue weighted by atomic mass is 9.99. The van der Waals surface area contributed by atoms with Crippen LogP contribution in [-0.2, 0) is 10.0 Å². The zero-order chi connectivity index (χ0) is 16.6. The second-order valence-electron chi connectivity index (χ2n) is 6.11. The van der Waals surface area contributed by atoms with Crippen molar-refractivity contribution in [1.29, 1.82) is 0 Å². The van der Waals surface area contributed by atoms with E-state index in [4.69, 9.17) is 0 Å². The van der Waals surface area contributed by atoms with Crippen LogP contribution in [0.2, 0.25) is 0 Å². The Labute approximate surface area is 141 Å². The number of benzene rings is 2. The zero-order valence-corrected chi connectivity index (χ0v) is 14.0. The predicted octanol–water partition coefficient (Wildman–Crippen LogP) is 3.41.